The molecule has 1 amide bonds. The maximum absolute atomic E-state index is 12.6. The van der Waals surface area contributed by atoms with Gasteiger partial charge in [0.25, 0.3) is 5.91 Å². The average molecular weight is 370 g/mol. The van der Waals surface area contributed by atoms with E-state index < -0.39 is 0 Å². The van der Waals surface area contributed by atoms with Crippen LogP contribution in [-0.4, -0.2) is 68.2 Å². The molecule has 27 heavy (non-hydrogen) atoms. The first kappa shape index (κ1) is 18.1. The highest BCUT2D eigenvalue weighted by atomic mass is 16.5. The van der Waals surface area contributed by atoms with Gasteiger partial charge in [-0.3, -0.25) is 14.4 Å². The van der Waals surface area contributed by atoms with Crippen LogP contribution in [0.15, 0.2) is 12.4 Å². The number of carbonyl (C=O) groups is 1. The first-order valence-electron chi connectivity index (χ1n) is 9.61. The van der Waals surface area contributed by atoms with Gasteiger partial charge in [-0.05, 0) is 13.8 Å². The predicted molar refractivity (Wildman–Crippen MR) is 99.2 cm³/mol. The number of aromatic nitrogens is 4. The molecular weight excluding hydrogens is 344 g/mol. The lowest BCUT2D eigenvalue weighted by atomic mass is 10.1. The van der Waals surface area contributed by atoms with E-state index in [4.69, 9.17) is 9.84 Å². The summed E-state index contributed by atoms with van der Waals surface area (Å²) in [5.41, 5.74) is 4.27. The highest BCUT2D eigenvalue weighted by Gasteiger charge is 2.26. The van der Waals surface area contributed by atoms with Gasteiger partial charge in [0.1, 0.15) is 5.82 Å². The van der Waals surface area contributed by atoms with Crippen molar-refractivity contribution in [2.24, 2.45) is 0 Å². The van der Waals surface area contributed by atoms with E-state index in [-0.39, 0.29) is 5.91 Å². The van der Waals surface area contributed by atoms with Crippen LogP contribution in [0.1, 0.15) is 40.1 Å². The van der Waals surface area contributed by atoms with Crippen LogP contribution in [0.4, 0.5) is 0 Å². The molecule has 4 heterocycles. The minimum atomic E-state index is 0.00990. The zero-order valence-electron chi connectivity index (χ0n) is 16.0. The number of piperazine rings is 1. The van der Waals surface area contributed by atoms with Gasteiger partial charge in [-0.25, -0.2) is 9.97 Å². The van der Waals surface area contributed by atoms with E-state index >= 15 is 0 Å². The van der Waals surface area contributed by atoms with Gasteiger partial charge in [0.05, 0.1) is 24.5 Å². The molecule has 0 spiro atoms. The van der Waals surface area contributed by atoms with Crippen molar-refractivity contribution in [3.63, 3.8) is 0 Å². The molecule has 2 aliphatic rings. The summed E-state index contributed by atoms with van der Waals surface area (Å²) in [6, 6.07) is 0. The summed E-state index contributed by atoms with van der Waals surface area (Å²) in [7, 11) is 0. The summed E-state index contributed by atoms with van der Waals surface area (Å²) in [4.78, 5) is 25.1. The molecule has 0 aromatic carbocycles. The Balaban J connectivity index is 1.38. The van der Waals surface area contributed by atoms with E-state index in [0.29, 0.717) is 31.1 Å². The largest absolute Gasteiger partial charge is 0.376 e. The van der Waals surface area contributed by atoms with Crippen molar-refractivity contribution in [2.45, 2.75) is 40.0 Å². The number of nitrogens with zero attached hydrogens (tertiary/aromatic N) is 6. The van der Waals surface area contributed by atoms with Crippen molar-refractivity contribution in [3.8, 4) is 0 Å². The second kappa shape index (κ2) is 7.74. The van der Waals surface area contributed by atoms with Gasteiger partial charge in [0.15, 0.2) is 0 Å². The molecule has 8 nitrogen and oxygen atoms in total. The minimum absolute atomic E-state index is 0.00990. The van der Waals surface area contributed by atoms with Crippen molar-refractivity contribution in [1.82, 2.24) is 29.5 Å². The Hall–Kier alpha value is -2.32. The Morgan fingerprint density at radius 3 is 2.63 bits per heavy atom. The Morgan fingerprint density at radius 2 is 1.93 bits per heavy atom. The highest BCUT2D eigenvalue weighted by Crippen LogP contribution is 2.22. The summed E-state index contributed by atoms with van der Waals surface area (Å²) in [6.45, 7) is 10.2. The van der Waals surface area contributed by atoms with Crippen LogP contribution in [-0.2, 0) is 30.9 Å². The highest BCUT2D eigenvalue weighted by molar-refractivity contribution is 5.93. The molecule has 2 aromatic rings. The van der Waals surface area contributed by atoms with Crippen molar-refractivity contribution in [1.29, 1.82) is 0 Å². The van der Waals surface area contributed by atoms with Gasteiger partial charge in [-0.15, -0.1) is 0 Å². The molecule has 0 aliphatic carbocycles. The van der Waals surface area contributed by atoms with E-state index in [1.54, 1.807) is 12.4 Å². The molecule has 0 unspecified atom stereocenters. The van der Waals surface area contributed by atoms with E-state index in [0.717, 1.165) is 44.9 Å². The van der Waals surface area contributed by atoms with Crippen LogP contribution >= 0.6 is 0 Å². The number of fused-ring (bicyclic) bond motifs is 1. The molecule has 0 atom stereocenters. The smallest absolute Gasteiger partial charge is 0.257 e. The van der Waals surface area contributed by atoms with Crippen LogP contribution in [0.5, 0.6) is 0 Å². The fourth-order valence-electron chi connectivity index (χ4n) is 3.77. The third-order valence-corrected chi connectivity index (χ3v) is 5.34. The molecule has 0 radical (unpaired) electrons. The molecule has 1 fully saturated rings. The molecule has 0 saturated carbocycles. The van der Waals surface area contributed by atoms with E-state index in [1.165, 1.54) is 11.3 Å². The Labute approximate surface area is 159 Å². The van der Waals surface area contributed by atoms with Crippen LogP contribution in [0.3, 0.4) is 0 Å². The summed E-state index contributed by atoms with van der Waals surface area (Å²) >= 11 is 0. The predicted octanol–water partition coefficient (Wildman–Crippen LogP) is 1.03. The van der Waals surface area contributed by atoms with Crippen LogP contribution in [0.2, 0.25) is 0 Å². The first-order chi connectivity index (χ1) is 13.2. The SMILES string of the molecule is CCn1nc(CN2CCN(C(=O)c3cnc(C)nc3)CC2)c2c1CCOC2. The second-order valence-corrected chi connectivity index (χ2v) is 7.08. The first-order valence-corrected chi connectivity index (χ1v) is 9.61. The number of aryl methyl sites for hydroxylation is 2. The zero-order chi connectivity index (χ0) is 18.8. The van der Waals surface area contributed by atoms with Crippen LogP contribution < -0.4 is 0 Å². The number of ether oxygens (including phenoxy) is 1. The van der Waals surface area contributed by atoms with Crippen molar-refractivity contribution < 1.29 is 9.53 Å². The molecule has 8 heteroatoms. The molecule has 1 saturated heterocycles. The Morgan fingerprint density at radius 1 is 1.19 bits per heavy atom. The van der Waals surface area contributed by atoms with E-state index in [2.05, 4.69) is 26.5 Å². The van der Waals surface area contributed by atoms with Gasteiger partial charge in [-0.1, -0.05) is 0 Å². The van der Waals surface area contributed by atoms with Gasteiger partial charge >= 0.3 is 0 Å². The fourth-order valence-corrected chi connectivity index (χ4v) is 3.77. The summed E-state index contributed by atoms with van der Waals surface area (Å²) in [5, 5.41) is 4.81. The molecule has 4 rings (SSSR count). The quantitative estimate of drug-likeness (QED) is 0.800. The summed E-state index contributed by atoms with van der Waals surface area (Å²) in [5.74, 6) is 0.686. The zero-order valence-corrected chi connectivity index (χ0v) is 16.0. The number of rotatable bonds is 4. The number of hydrogen-bond donors (Lipinski definition) is 0. The number of amides is 1. The lowest BCUT2D eigenvalue weighted by Gasteiger charge is -2.34. The third kappa shape index (κ3) is 3.72. The van der Waals surface area contributed by atoms with Gasteiger partial charge in [0, 0.05) is 69.3 Å². The van der Waals surface area contributed by atoms with Crippen molar-refractivity contribution in [2.75, 3.05) is 32.8 Å². The topological polar surface area (TPSA) is 76.4 Å². The molecule has 2 aliphatic heterocycles. The summed E-state index contributed by atoms with van der Waals surface area (Å²) in [6.07, 6.45) is 4.17. The van der Waals surface area contributed by atoms with Gasteiger partial charge < -0.3 is 9.64 Å². The molecule has 0 N–H and O–H groups in total. The average Bonchev–Trinajstić information content (AvgIpc) is 3.06. The maximum atomic E-state index is 12.6. The monoisotopic (exact) mass is 370 g/mol. The Bertz CT molecular complexity index is 808. The molecule has 0 bridgehead atoms. The minimum Gasteiger partial charge on any atom is -0.376 e. The standard InChI is InChI=1S/C19H26N6O2/c1-3-25-18-4-9-27-13-16(18)17(22-25)12-23-5-7-24(8-6-23)19(26)15-10-20-14(2)21-11-15/h10-11H,3-9,12-13H2,1-2H3. The third-order valence-electron chi connectivity index (χ3n) is 5.34. The van der Waals surface area contributed by atoms with Crippen molar-refractivity contribution in [3.05, 3.63) is 40.7 Å². The summed E-state index contributed by atoms with van der Waals surface area (Å²) < 4.78 is 7.77. The molecule has 2 aromatic heterocycles. The Kier molecular flexibility index (Phi) is 5.18. The van der Waals surface area contributed by atoms with Crippen molar-refractivity contribution >= 4 is 5.91 Å². The maximum Gasteiger partial charge on any atom is 0.257 e. The van der Waals surface area contributed by atoms with Crippen LogP contribution in [0, 0.1) is 6.92 Å². The van der Waals surface area contributed by atoms with E-state index in [1.807, 2.05) is 11.8 Å². The second-order valence-electron chi connectivity index (χ2n) is 7.08. The molecule has 144 valence electrons. The van der Waals surface area contributed by atoms with E-state index in [9.17, 15) is 4.79 Å². The van der Waals surface area contributed by atoms with Gasteiger partial charge in [-0.2, -0.15) is 5.10 Å². The fraction of sp³-hybridized carbons (Fsp3) is 0.579. The molecular formula is C19H26N6O2. The normalized spacial score (nSPS) is 17.8. The number of carbonyl (C=O) groups excluding carboxylic acids is 1. The van der Waals surface area contributed by atoms with Crippen LogP contribution in [0.25, 0.3) is 0 Å². The lowest BCUT2D eigenvalue weighted by Crippen LogP contribution is -2.48. The number of hydrogen-bond acceptors (Lipinski definition) is 6. The lowest BCUT2D eigenvalue weighted by molar-refractivity contribution is 0.0623. The van der Waals surface area contributed by atoms with Gasteiger partial charge in [0.2, 0.25) is 0 Å².